The van der Waals surface area contributed by atoms with E-state index < -0.39 is 0 Å². The number of carbonyl (C=O) groups is 1. The lowest BCUT2D eigenvalue weighted by Gasteiger charge is -2.23. The first kappa shape index (κ1) is 16.6. The Balaban J connectivity index is 1.94. The molecule has 0 aliphatic carbocycles. The number of hydrogen-bond donors (Lipinski definition) is 0. The average molecular weight is 336 g/mol. The van der Waals surface area contributed by atoms with Gasteiger partial charge in [-0.05, 0) is 60.2 Å². The van der Waals surface area contributed by atoms with E-state index in [9.17, 15) is 9.18 Å². The summed E-state index contributed by atoms with van der Waals surface area (Å²) in [6, 6.07) is 16.5. The maximum absolute atomic E-state index is 13.3. The molecule has 1 heterocycles. The summed E-state index contributed by atoms with van der Waals surface area (Å²) in [6.45, 7) is 0.338. The Hall–Kier alpha value is -3.21. The zero-order chi connectivity index (χ0) is 17.6. The topological polar surface area (TPSA) is 42.4 Å². The van der Waals surface area contributed by atoms with Crippen molar-refractivity contribution < 1.29 is 13.9 Å². The lowest BCUT2D eigenvalue weighted by Crippen LogP contribution is -2.30. The molecule has 25 heavy (non-hydrogen) atoms. The molecule has 0 unspecified atom stereocenters. The first-order valence-corrected chi connectivity index (χ1v) is 7.78. The third-order valence-electron chi connectivity index (χ3n) is 3.78. The van der Waals surface area contributed by atoms with E-state index in [0.717, 1.165) is 5.56 Å². The predicted octanol–water partition coefficient (Wildman–Crippen LogP) is 4.08. The molecule has 1 aromatic heterocycles. The normalized spacial score (nSPS) is 10.3. The molecule has 0 saturated carbocycles. The van der Waals surface area contributed by atoms with Gasteiger partial charge in [0.1, 0.15) is 11.6 Å². The van der Waals surface area contributed by atoms with Crippen LogP contribution in [0.2, 0.25) is 0 Å². The minimum absolute atomic E-state index is 0.182. The monoisotopic (exact) mass is 336 g/mol. The molecular weight excluding hydrogens is 319 g/mol. The fraction of sp³-hybridized carbons (Fsp3) is 0.100. The number of rotatable bonds is 5. The number of amides is 1. The van der Waals surface area contributed by atoms with Crippen LogP contribution in [0.15, 0.2) is 73.1 Å². The van der Waals surface area contributed by atoms with Gasteiger partial charge in [0.2, 0.25) is 0 Å². The molecule has 3 rings (SSSR count). The second-order valence-corrected chi connectivity index (χ2v) is 5.46. The van der Waals surface area contributed by atoms with Crippen LogP contribution in [-0.2, 0) is 6.54 Å². The highest BCUT2D eigenvalue weighted by atomic mass is 19.1. The zero-order valence-corrected chi connectivity index (χ0v) is 13.7. The summed E-state index contributed by atoms with van der Waals surface area (Å²) < 4.78 is 18.4. The van der Waals surface area contributed by atoms with Gasteiger partial charge in [0.25, 0.3) is 5.91 Å². The molecule has 2 aromatic carbocycles. The predicted molar refractivity (Wildman–Crippen MR) is 94.1 cm³/mol. The second kappa shape index (κ2) is 7.57. The molecule has 5 heteroatoms. The number of aromatic nitrogens is 1. The van der Waals surface area contributed by atoms with Crippen LogP contribution in [0.4, 0.5) is 10.1 Å². The standard InChI is InChI=1S/C20H17FN2O2/c1-25-19-10-4-16(5-11-19)20(24)23(14-15-3-2-12-22-13-15)18-8-6-17(21)7-9-18/h2-13H,14H2,1H3. The minimum atomic E-state index is -0.345. The summed E-state index contributed by atoms with van der Waals surface area (Å²) in [5.74, 6) is 0.150. The Labute approximate surface area is 145 Å². The number of carbonyl (C=O) groups excluding carboxylic acids is 1. The van der Waals surface area contributed by atoms with E-state index in [0.29, 0.717) is 23.5 Å². The first-order chi connectivity index (χ1) is 12.2. The van der Waals surface area contributed by atoms with Crippen LogP contribution in [0.5, 0.6) is 5.75 Å². The quantitative estimate of drug-likeness (QED) is 0.705. The number of nitrogens with zero attached hydrogens (tertiary/aromatic N) is 2. The Morgan fingerprint density at radius 1 is 1.08 bits per heavy atom. The highest BCUT2D eigenvalue weighted by Gasteiger charge is 2.18. The molecule has 0 N–H and O–H groups in total. The van der Waals surface area contributed by atoms with E-state index in [2.05, 4.69) is 4.98 Å². The largest absolute Gasteiger partial charge is 0.497 e. The molecule has 0 fully saturated rings. The minimum Gasteiger partial charge on any atom is -0.497 e. The van der Waals surface area contributed by atoms with Gasteiger partial charge in [0, 0.05) is 23.6 Å². The molecule has 0 aliphatic heterocycles. The first-order valence-electron chi connectivity index (χ1n) is 7.78. The van der Waals surface area contributed by atoms with Gasteiger partial charge in [-0.3, -0.25) is 9.78 Å². The molecule has 0 saturated heterocycles. The molecule has 0 radical (unpaired) electrons. The van der Waals surface area contributed by atoms with Gasteiger partial charge in [-0.2, -0.15) is 0 Å². The maximum atomic E-state index is 13.3. The Bertz CT molecular complexity index is 834. The van der Waals surface area contributed by atoms with Crippen molar-refractivity contribution in [1.29, 1.82) is 0 Å². The third-order valence-corrected chi connectivity index (χ3v) is 3.78. The summed E-state index contributed by atoms with van der Waals surface area (Å²) in [6.07, 6.45) is 3.38. The van der Waals surface area contributed by atoms with Crippen molar-refractivity contribution in [3.63, 3.8) is 0 Å². The van der Waals surface area contributed by atoms with E-state index >= 15 is 0 Å². The van der Waals surface area contributed by atoms with E-state index in [1.54, 1.807) is 60.8 Å². The van der Waals surface area contributed by atoms with Crippen LogP contribution in [0.3, 0.4) is 0 Å². The van der Waals surface area contributed by atoms with Crippen molar-refractivity contribution in [2.24, 2.45) is 0 Å². The number of halogens is 1. The van der Waals surface area contributed by atoms with E-state index in [1.165, 1.54) is 12.1 Å². The molecule has 0 atom stereocenters. The Kier molecular flexibility index (Phi) is 5.04. The molecule has 126 valence electrons. The van der Waals surface area contributed by atoms with Crippen molar-refractivity contribution in [3.8, 4) is 5.75 Å². The maximum Gasteiger partial charge on any atom is 0.258 e. The summed E-state index contributed by atoms with van der Waals surface area (Å²) in [7, 11) is 1.57. The highest BCUT2D eigenvalue weighted by molar-refractivity contribution is 6.06. The van der Waals surface area contributed by atoms with Crippen LogP contribution in [0, 0.1) is 5.82 Å². The lowest BCUT2D eigenvalue weighted by atomic mass is 10.1. The Morgan fingerprint density at radius 2 is 1.80 bits per heavy atom. The van der Waals surface area contributed by atoms with Crippen molar-refractivity contribution in [2.45, 2.75) is 6.54 Å². The molecule has 0 bridgehead atoms. The van der Waals surface area contributed by atoms with Crippen molar-refractivity contribution in [1.82, 2.24) is 4.98 Å². The van der Waals surface area contributed by atoms with Crippen LogP contribution in [-0.4, -0.2) is 18.0 Å². The summed E-state index contributed by atoms with van der Waals surface area (Å²) in [5, 5.41) is 0. The molecule has 4 nitrogen and oxygen atoms in total. The van der Waals surface area contributed by atoms with Crippen LogP contribution in [0.25, 0.3) is 0 Å². The number of benzene rings is 2. The van der Waals surface area contributed by atoms with E-state index in [4.69, 9.17) is 4.74 Å². The van der Waals surface area contributed by atoms with Gasteiger partial charge < -0.3 is 9.64 Å². The highest BCUT2D eigenvalue weighted by Crippen LogP contribution is 2.21. The van der Waals surface area contributed by atoms with Crippen LogP contribution < -0.4 is 9.64 Å². The van der Waals surface area contributed by atoms with Gasteiger partial charge in [0.15, 0.2) is 0 Å². The SMILES string of the molecule is COc1ccc(C(=O)N(Cc2cccnc2)c2ccc(F)cc2)cc1. The second-order valence-electron chi connectivity index (χ2n) is 5.46. The number of methoxy groups -OCH3 is 1. The van der Waals surface area contributed by atoms with Crippen molar-refractivity contribution in [3.05, 3.63) is 90.0 Å². The third kappa shape index (κ3) is 4.01. The van der Waals surface area contributed by atoms with E-state index in [-0.39, 0.29) is 11.7 Å². The molecule has 1 amide bonds. The zero-order valence-electron chi connectivity index (χ0n) is 13.7. The van der Waals surface area contributed by atoms with E-state index in [1.807, 2.05) is 12.1 Å². The number of ether oxygens (including phenoxy) is 1. The summed E-state index contributed by atoms with van der Waals surface area (Å²) in [5.41, 5.74) is 2.02. The van der Waals surface area contributed by atoms with Gasteiger partial charge >= 0.3 is 0 Å². The van der Waals surface area contributed by atoms with Gasteiger partial charge in [-0.15, -0.1) is 0 Å². The molecular formula is C20H17FN2O2. The molecule has 0 spiro atoms. The molecule has 0 aliphatic rings. The van der Waals surface area contributed by atoms with Gasteiger partial charge in [0.05, 0.1) is 13.7 Å². The number of hydrogen-bond acceptors (Lipinski definition) is 3. The smallest absolute Gasteiger partial charge is 0.258 e. The summed E-state index contributed by atoms with van der Waals surface area (Å²) >= 11 is 0. The fourth-order valence-electron chi connectivity index (χ4n) is 2.47. The van der Waals surface area contributed by atoms with Crippen molar-refractivity contribution in [2.75, 3.05) is 12.0 Å². The van der Waals surface area contributed by atoms with Crippen molar-refractivity contribution >= 4 is 11.6 Å². The Morgan fingerprint density at radius 3 is 2.40 bits per heavy atom. The number of anilines is 1. The fourth-order valence-corrected chi connectivity index (χ4v) is 2.47. The van der Waals surface area contributed by atoms with Crippen LogP contribution in [0.1, 0.15) is 15.9 Å². The average Bonchev–Trinajstić information content (AvgIpc) is 2.67. The molecule has 3 aromatic rings. The van der Waals surface area contributed by atoms with Gasteiger partial charge in [-0.1, -0.05) is 6.07 Å². The summed E-state index contributed by atoms with van der Waals surface area (Å²) in [4.78, 5) is 18.7. The van der Waals surface area contributed by atoms with Crippen LogP contribution >= 0.6 is 0 Å². The van der Waals surface area contributed by atoms with Gasteiger partial charge in [-0.25, -0.2) is 4.39 Å². The number of pyridine rings is 1. The lowest BCUT2D eigenvalue weighted by molar-refractivity contribution is 0.0985.